The first-order valence-electron chi connectivity index (χ1n) is 13.2. The van der Waals surface area contributed by atoms with Crippen LogP contribution in [0.25, 0.3) is 0 Å². The van der Waals surface area contributed by atoms with Crippen LogP contribution < -0.4 is 21.1 Å². The highest BCUT2D eigenvalue weighted by Crippen LogP contribution is 2.42. The van der Waals surface area contributed by atoms with Gasteiger partial charge in [-0.3, -0.25) is 9.59 Å². The lowest BCUT2D eigenvalue weighted by Crippen LogP contribution is -2.56. The predicted molar refractivity (Wildman–Crippen MR) is 141 cm³/mol. The molecule has 1 amide bonds. The Hall–Kier alpha value is -2.86. The summed E-state index contributed by atoms with van der Waals surface area (Å²) < 4.78 is 0. The van der Waals surface area contributed by atoms with Gasteiger partial charge in [0.05, 0.1) is 0 Å². The molecule has 0 bridgehead atoms. The van der Waals surface area contributed by atoms with Crippen molar-refractivity contribution in [2.75, 3.05) is 24.5 Å². The second kappa shape index (κ2) is 10.0. The molecular weight excluding hydrogens is 436 g/mol. The summed E-state index contributed by atoms with van der Waals surface area (Å²) in [6, 6.07) is 8.67. The Balaban J connectivity index is 1.44. The summed E-state index contributed by atoms with van der Waals surface area (Å²) >= 11 is 0. The summed E-state index contributed by atoms with van der Waals surface area (Å²) in [5, 5.41) is 6.52. The third-order valence-corrected chi connectivity index (χ3v) is 8.36. The van der Waals surface area contributed by atoms with E-state index in [9.17, 15) is 9.59 Å². The van der Waals surface area contributed by atoms with Gasteiger partial charge in [0.25, 0.3) is 11.5 Å². The number of H-pyrrole nitrogens is 1. The molecule has 186 valence electrons. The Kier molecular flexibility index (Phi) is 6.83. The number of carbonyl (C=O) groups is 1. The summed E-state index contributed by atoms with van der Waals surface area (Å²) in [6.07, 6.45) is 11.8. The number of amides is 1. The lowest BCUT2D eigenvalue weighted by atomic mass is 9.68. The van der Waals surface area contributed by atoms with Crippen LogP contribution in [0.15, 0.2) is 41.2 Å². The van der Waals surface area contributed by atoms with E-state index in [-0.39, 0.29) is 18.0 Å². The van der Waals surface area contributed by atoms with E-state index in [1.807, 2.05) is 25.1 Å². The number of carbonyl (C=O) groups excluding carboxylic acids is 1. The maximum absolute atomic E-state index is 13.4. The standard InChI is InChI=1S/C29H38N4O2/c1-3-33(22-12-14-29(15-13-22)18-30-19-29)26-11-7-10-24-23(26)9-6-4-5-8-21-16-20(2)32-28(35)25(21)17-31-27(24)34/h4,6-7,10-11,16,22,30H,3,5,8-9,12-15,17-19H2,1-2H3,(H,31,34)(H,32,35)/b6-4-. The molecule has 1 aromatic carbocycles. The van der Waals surface area contributed by atoms with E-state index in [1.165, 1.54) is 44.5 Å². The molecule has 0 radical (unpaired) electrons. The van der Waals surface area contributed by atoms with E-state index in [0.29, 0.717) is 22.6 Å². The van der Waals surface area contributed by atoms with Crippen molar-refractivity contribution in [2.45, 2.75) is 71.4 Å². The van der Waals surface area contributed by atoms with Gasteiger partial charge >= 0.3 is 0 Å². The van der Waals surface area contributed by atoms with Crippen LogP contribution in [0, 0.1) is 12.3 Å². The summed E-state index contributed by atoms with van der Waals surface area (Å²) in [6.45, 7) is 7.64. The summed E-state index contributed by atoms with van der Waals surface area (Å²) in [4.78, 5) is 31.5. The molecule has 2 aromatic rings. The molecule has 6 nitrogen and oxygen atoms in total. The number of allylic oxidation sites excluding steroid dienone is 2. The minimum atomic E-state index is -0.110. The number of anilines is 1. The van der Waals surface area contributed by atoms with Crippen LogP contribution in [0.4, 0.5) is 5.69 Å². The Morgan fingerprint density at radius 1 is 1.09 bits per heavy atom. The van der Waals surface area contributed by atoms with Crippen LogP contribution in [-0.4, -0.2) is 36.6 Å². The molecule has 35 heavy (non-hydrogen) atoms. The number of benzene rings is 1. The van der Waals surface area contributed by atoms with E-state index in [0.717, 1.165) is 42.6 Å². The summed E-state index contributed by atoms with van der Waals surface area (Å²) in [7, 11) is 0. The van der Waals surface area contributed by atoms with Crippen LogP contribution in [0.2, 0.25) is 0 Å². The van der Waals surface area contributed by atoms with Crippen molar-refractivity contribution in [3.8, 4) is 0 Å². The molecule has 1 saturated heterocycles. The molecule has 2 fully saturated rings. The highest BCUT2D eigenvalue weighted by atomic mass is 16.1. The topological polar surface area (TPSA) is 77.2 Å². The van der Waals surface area contributed by atoms with Gasteiger partial charge < -0.3 is 20.5 Å². The highest BCUT2D eigenvalue weighted by molar-refractivity contribution is 5.97. The number of hydrogen-bond acceptors (Lipinski definition) is 4. The van der Waals surface area contributed by atoms with Gasteiger partial charge in [0.15, 0.2) is 0 Å². The normalized spacial score (nSPS) is 21.0. The van der Waals surface area contributed by atoms with Crippen molar-refractivity contribution in [1.29, 1.82) is 0 Å². The largest absolute Gasteiger partial charge is 0.369 e. The average molecular weight is 475 g/mol. The maximum atomic E-state index is 13.4. The number of nitrogens with zero attached hydrogens (tertiary/aromatic N) is 1. The minimum absolute atomic E-state index is 0.107. The van der Waals surface area contributed by atoms with Crippen molar-refractivity contribution in [2.24, 2.45) is 5.41 Å². The molecule has 3 heterocycles. The zero-order chi connectivity index (χ0) is 24.4. The van der Waals surface area contributed by atoms with Gasteiger partial charge in [0, 0.05) is 54.7 Å². The molecule has 3 N–H and O–H groups in total. The van der Waals surface area contributed by atoms with Crippen molar-refractivity contribution in [1.82, 2.24) is 15.6 Å². The second-order valence-electron chi connectivity index (χ2n) is 10.6. The second-order valence-corrected chi connectivity index (χ2v) is 10.6. The van der Waals surface area contributed by atoms with E-state index in [4.69, 9.17) is 0 Å². The van der Waals surface area contributed by atoms with Gasteiger partial charge in [-0.15, -0.1) is 0 Å². The third-order valence-electron chi connectivity index (χ3n) is 8.36. The fraction of sp³-hybridized carbons (Fsp3) is 0.517. The molecule has 1 saturated carbocycles. The molecule has 6 heteroatoms. The minimum Gasteiger partial charge on any atom is -0.369 e. The van der Waals surface area contributed by atoms with Gasteiger partial charge in [-0.1, -0.05) is 18.2 Å². The molecule has 2 aliphatic heterocycles. The van der Waals surface area contributed by atoms with Crippen LogP contribution in [0.1, 0.15) is 71.8 Å². The van der Waals surface area contributed by atoms with E-state index >= 15 is 0 Å². The Bertz CT molecular complexity index is 1170. The molecule has 1 aromatic heterocycles. The van der Waals surface area contributed by atoms with Crippen LogP contribution in [0.3, 0.4) is 0 Å². The molecular formula is C29H38N4O2. The first kappa shape index (κ1) is 23.9. The Morgan fingerprint density at radius 3 is 2.60 bits per heavy atom. The lowest BCUT2D eigenvalue weighted by Gasteiger charge is -2.49. The fourth-order valence-electron chi connectivity index (χ4n) is 6.28. The highest BCUT2D eigenvalue weighted by Gasteiger charge is 2.41. The summed E-state index contributed by atoms with van der Waals surface area (Å²) in [5.41, 5.74) is 5.94. The van der Waals surface area contributed by atoms with Gasteiger partial charge in [-0.2, -0.15) is 0 Å². The van der Waals surface area contributed by atoms with Gasteiger partial charge in [-0.25, -0.2) is 0 Å². The molecule has 0 unspecified atom stereocenters. The fourth-order valence-corrected chi connectivity index (χ4v) is 6.28. The quantitative estimate of drug-likeness (QED) is 0.588. The number of hydrogen-bond donors (Lipinski definition) is 3. The van der Waals surface area contributed by atoms with Gasteiger partial charge in [0.2, 0.25) is 0 Å². The molecule has 1 aliphatic carbocycles. The molecule has 0 atom stereocenters. The third kappa shape index (κ3) is 4.81. The van der Waals surface area contributed by atoms with Crippen LogP contribution in [-0.2, 0) is 19.4 Å². The van der Waals surface area contributed by atoms with Crippen molar-refractivity contribution in [3.63, 3.8) is 0 Å². The monoisotopic (exact) mass is 474 g/mol. The van der Waals surface area contributed by atoms with Crippen LogP contribution >= 0.6 is 0 Å². The molecule has 3 aliphatic rings. The number of aryl methyl sites for hydroxylation is 2. The van der Waals surface area contributed by atoms with E-state index in [2.05, 4.69) is 45.7 Å². The number of rotatable bonds is 3. The summed E-state index contributed by atoms with van der Waals surface area (Å²) in [5.74, 6) is -0.110. The van der Waals surface area contributed by atoms with Gasteiger partial charge in [0.1, 0.15) is 0 Å². The lowest BCUT2D eigenvalue weighted by molar-refractivity contribution is 0.0949. The van der Waals surface area contributed by atoms with E-state index in [1.54, 1.807) is 0 Å². The van der Waals surface area contributed by atoms with Crippen LogP contribution in [0.5, 0.6) is 0 Å². The SMILES string of the molecule is CCN(c1cccc2c1C/C=C\CCc1cc(C)[nH]c(=O)c1CNC2=O)C1CCC2(CC1)CNC2. The first-order valence-corrected chi connectivity index (χ1v) is 13.2. The Morgan fingerprint density at radius 2 is 1.89 bits per heavy atom. The zero-order valence-electron chi connectivity index (χ0n) is 21.1. The Labute approximate surface area is 208 Å². The number of aromatic nitrogens is 1. The number of aromatic amines is 1. The van der Waals surface area contributed by atoms with Crippen molar-refractivity contribution < 1.29 is 4.79 Å². The number of pyridine rings is 1. The first-order chi connectivity index (χ1) is 17.0. The molecule has 1 spiro atoms. The number of fused-ring (bicyclic) bond motifs is 2. The predicted octanol–water partition coefficient (Wildman–Crippen LogP) is 4.02. The maximum Gasteiger partial charge on any atom is 0.253 e. The van der Waals surface area contributed by atoms with Gasteiger partial charge in [-0.05, 0) is 93.5 Å². The zero-order valence-corrected chi connectivity index (χ0v) is 21.1. The smallest absolute Gasteiger partial charge is 0.253 e. The number of nitrogens with one attached hydrogen (secondary N) is 3. The van der Waals surface area contributed by atoms with Crippen molar-refractivity contribution in [3.05, 3.63) is 74.7 Å². The van der Waals surface area contributed by atoms with Crippen molar-refractivity contribution >= 4 is 11.6 Å². The van der Waals surface area contributed by atoms with E-state index < -0.39 is 0 Å². The molecule has 5 rings (SSSR count). The average Bonchev–Trinajstić information content (AvgIpc) is 2.82.